The Kier molecular flexibility index (Phi) is 16.6. The topological polar surface area (TPSA) is 18.5 Å². The molecule has 0 radical (unpaired) electrons. The van der Waals surface area contributed by atoms with Crippen LogP contribution < -0.4 is 0 Å². The van der Waals surface area contributed by atoms with Crippen molar-refractivity contribution in [1.29, 1.82) is 0 Å². The van der Waals surface area contributed by atoms with Crippen LogP contribution in [0.2, 0.25) is 0 Å². The van der Waals surface area contributed by atoms with Crippen LogP contribution in [0.4, 0.5) is 0 Å². The number of hydrogen-bond acceptors (Lipinski definition) is 2. The molecule has 0 saturated heterocycles. The first-order valence-electron chi connectivity index (χ1n) is 16.5. The van der Waals surface area contributed by atoms with Crippen molar-refractivity contribution >= 4 is 0 Å². The summed E-state index contributed by atoms with van der Waals surface area (Å²) in [5.41, 5.74) is 3.28. The minimum Gasteiger partial charge on any atom is -0.377 e. The van der Waals surface area contributed by atoms with Gasteiger partial charge in [0.1, 0.15) is 0 Å². The third kappa shape index (κ3) is 14.5. The first-order valence-corrected chi connectivity index (χ1v) is 16.5. The maximum Gasteiger partial charge on any atom is 0.0716 e. The van der Waals surface area contributed by atoms with Gasteiger partial charge in [-0.1, -0.05) is 145 Å². The van der Waals surface area contributed by atoms with Crippen LogP contribution in [0, 0.1) is 11.3 Å². The van der Waals surface area contributed by atoms with Crippen LogP contribution in [-0.2, 0) is 22.7 Å². The van der Waals surface area contributed by atoms with Gasteiger partial charge in [0.25, 0.3) is 0 Å². The zero-order chi connectivity index (χ0) is 27.3. The Bertz CT molecular complexity index is 748. The van der Waals surface area contributed by atoms with Crippen LogP contribution in [-0.4, -0.2) is 13.2 Å². The molecule has 0 aromatic heterocycles. The first-order chi connectivity index (χ1) is 19.3. The molecule has 0 heterocycles. The lowest BCUT2D eigenvalue weighted by Gasteiger charge is -2.47. The normalized spacial score (nSPS) is 14.9. The van der Waals surface area contributed by atoms with Gasteiger partial charge in [-0.3, -0.25) is 0 Å². The second-order valence-electron chi connectivity index (χ2n) is 12.5. The minimum absolute atomic E-state index is 0.714. The monoisotopic (exact) mass is 534 g/mol. The molecule has 3 rings (SSSR count). The van der Waals surface area contributed by atoms with Gasteiger partial charge in [-0.05, 0) is 61.0 Å². The summed E-state index contributed by atoms with van der Waals surface area (Å²) in [6, 6.07) is 21.0. The Hall–Kier alpha value is -1.64. The molecule has 0 atom stereocenters. The van der Waals surface area contributed by atoms with Crippen molar-refractivity contribution in [3.8, 4) is 0 Å². The molecule has 1 fully saturated rings. The number of hydrogen-bond donors (Lipinski definition) is 0. The van der Waals surface area contributed by atoms with Crippen molar-refractivity contribution in [3.63, 3.8) is 0 Å². The van der Waals surface area contributed by atoms with E-state index in [4.69, 9.17) is 9.47 Å². The lowest BCUT2D eigenvalue weighted by molar-refractivity contribution is 0.0398. The quantitative estimate of drug-likeness (QED) is 0.125. The molecular formula is C37H58O2. The third-order valence-electron chi connectivity index (χ3n) is 8.78. The van der Waals surface area contributed by atoms with Gasteiger partial charge in [-0.15, -0.1) is 0 Å². The number of benzene rings is 2. The molecule has 2 heteroatoms. The number of rotatable bonds is 24. The summed E-state index contributed by atoms with van der Waals surface area (Å²) in [7, 11) is 0. The molecule has 0 bridgehead atoms. The van der Waals surface area contributed by atoms with E-state index in [1.807, 2.05) is 0 Å². The van der Waals surface area contributed by atoms with Gasteiger partial charge in [0.05, 0.1) is 13.2 Å². The molecular weight excluding hydrogens is 476 g/mol. The minimum atomic E-state index is 0.714. The van der Waals surface area contributed by atoms with Gasteiger partial charge in [0.15, 0.2) is 0 Å². The van der Waals surface area contributed by atoms with E-state index in [0.29, 0.717) is 5.41 Å². The highest BCUT2D eigenvalue weighted by molar-refractivity contribution is 5.14. The molecule has 0 spiro atoms. The molecule has 0 aliphatic heterocycles. The fraction of sp³-hybridized carbons (Fsp3) is 0.676. The highest BCUT2D eigenvalue weighted by Crippen LogP contribution is 2.52. The van der Waals surface area contributed by atoms with Crippen molar-refractivity contribution in [2.45, 2.75) is 136 Å². The van der Waals surface area contributed by atoms with Crippen LogP contribution in [0.1, 0.15) is 134 Å². The van der Waals surface area contributed by atoms with Crippen LogP contribution in [0.25, 0.3) is 0 Å². The molecule has 2 aromatic rings. The fourth-order valence-corrected chi connectivity index (χ4v) is 6.66. The van der Waals surface area contributed by atoms with Crippen LogP contribution in [0.5, 0.6) is 0 Å². The lowest BCUT2D eigenvalue weighted by atomic mass is 9.58. The molecule has 1 aliphatic carbocycles. The summed E-state index contributed by atoms with van der Waals surface area (Å²) in [6.07, 6.45) is 25.2. The second kappa shape index (κ2) is 20.3. The zero-order valence-electron chi connectivity index (χ0n) is 25.2. The summed E-state index contributed by atoms with van der Waals surface area (Å²) in [5.74, 6) is 0.971. The highest BCUT2D eigenvalue weighted by Gasteiger charge is 2.40. The Labute approximate surface area is 241 Å². The molecule has 0 unspecified atom stereocenters. The van der Waals surface area contributed by atoms with Crippen molar-refractivity contribution in [2.75, 3.05) is 13.2 Å². The standard InChI is InChI=1S/C37H58O2/c1-34-30-37(31-34,26-18-8-4-2-6-10-20-28-38-32-35-22-14-12-15-23-35)27-19-9-5-3-7-11-21-29-39-33-36-24-16-13-17-25-36/h12-17,22-25,34H,2-11,18-21,26-33H2,1H3. The van der Waals surface area contributed by atoms with Crippen molar-refractivity contribution in [2.24, 2.45) is 11.3 Å². The SMILES string of the molecule is CC1CC(CCCCCCCCCOCc2ccccc2)(CCCCCCCCCOCc2ccccc2)C1. The molecule has 218 valence electrons. The number of unbranched alkanes of at least 4 members (excludes halogenated alkanes) is 12. The Morgan fingerprint density at radius 1 is 0.513 bits per heavy atom. The first kappa shape index (κ1) is 31.9. The van der Waals surface area contributed by atoms with Crippen molar-refractivity contribution in [3.05, 3.63) is 71.8 Å². The fourth-order valence-electron chi connectivity index (χ4n) is 6.66. The summed E-state index contributed by atoms with van der Waals surface area (Å²) in [4.78, 5) is 0. The van der Waals surface area contributed by atoms with Crippen molar-refractivity contribution < 1.29 is 9.47 Å². The maximum absolute atomic E-state index is 5.82. The van der Waals surface area contributed by atoms with E-state index in [9.17, 15) is 0 Å². The molecule has 0 N–H and O–H groups in total. The van der Waals surface area contributed by atoms with E-state index < -0.39 is 0 Å². The smallest absolute Gasteiger partial charge is 0.0716 e. The van der Waals surface area contributed by atoms with E-state index in [-0.39, 0.29) is 0 Å². The summed E-state index contributed by atoms with van der Waals surface area (Å²) >= 11 is 0. The van der Waals surface area contributed by atoms with Gasteiger partial charge in [-0.2, -0.15) is 0 Å². The van der Waals surface area contributed by atoms with Gasteiger partial charge in [-0.25, -0.2) is 0 Å². The van der Waals surface area contributed by atoms with E-state index in [2.05, 4.69) is 67.6 Å². The van der Waals surface area contributed by atoms with Gasteiger partial charge >= 0.3 is 0 Å². The predicted octanol–water partition coefficient (Wildman–Crippen LogP) is 11.1. The average Bonchev–Trinajstić information content (AvgIpc) is 2.95. The maximum atomic E-state index is 5.82. The Morgan fingerprint density at radius 2 is 0.872 bits per heavy atom. The van der Waals surface area contributed by atoms with Gasteiger partial charge in [0.2, 0.25) is 0 Å². The summed E-state index contributed by atoms with van der Waals surface area (Å²) in [5, 5.41) is 0. The number of ether oxygens (including phenoxy) is 2. The third-order valence-corrected chi connectivity index (χ3v) is 8.78. The van der Waals surface area contributed by atoms with E-state index >= 15 is 0 Å². The van der Waals surface area contributed by atoms with Gasteiger partial charge < -0.3 is 9.47 Å². The largest absolute Gasteiger partial charge is 0.377 e. The molecule has 1 aliphatic rings. The van der Waals surface area contributed by atoms with Crippen LogP contribution in [0.15, 0.2) is 60.7 Å². The van der Waals surface area contributed by atoms with Gasteiger partial charge in [0, 0.05) is 13.2 Å². The van der Waals surface area contributed by atoms with Crippen molar-refractivity contribution in [1.82, 2.24) is 0 Å². The summed E-state index contributed by atoms with van der Waals surface area (Å²) < 4.78 is 11.6. The molecule has 2 nitrogen and oxygen atoms in total. The second-order valence-corrected chi connectivity index (χ2v) is 12.5. The Morgan fingerprint density at radius 3 is 1.26 bits per heavy atom. The lowest BCUT2D eigenvalue weighted by Crippen LogP contribution is -2.35. The van der Waals surface area contributed by atoms with Crippen LogP contribution >= 0.6 is 0 Å². The molecule has 1 saturated carbocycles. The molecule has 39 heavy (non-hydrogen) atoms. The average molecular weight is 535 g/mol. The van der Waals surface area contributed by atoms with Crippen LogP contribution in [0.3, 0.4) is 0 Å². The molecule has 0 amide bonds. The molecule has 2 aromatic carbocycles. The van der Waals surface area contributed by atoms with E-state index in [1.165, 1.54) is 127 Å². The van der Waals surface area contributed by atoms with E-state index in [0.717, 1.165) is 32.3 Å². The van der Waals surface area contributed by atoms with E-state index in [1.54, 1.807) is 0 Å². The zero-order valence-corrected chi connectivity index (χ0v) is 25.2. The highest BCUT2D eigenvalue weighted by atomic mass is 16.5. The predicted molar refractivity (Wildman–Crippen MR) is 167 cm³/mol. The Balaban J connectivity index is 1.07. The summed E-state index contributed by atoms with van der Waals surface area (Å²) in [6.45, 7) is 5.78.